The van der Waals surface area contributed by atoms with Crippen molar-refractivity contribution in [2.24, 2.45) is 0 Å². The lowest BCUT2D eigenvalue weighted by Gasteiger charge is -2.20. The summed E-state index contributed by atoms with van der Waals surface area (Å²) >= 11 is 1.73. The van der Waals surface area contributed by atoms with Crippen molar-refractivity contribution in [1.82, 2.24) is 0 Å². The van der Waals surface area contributed by atoms with Crippen LogP contribution >= 0.6 is 11.8 Å². The Morgan fingerprint density at radius 1 is 1.38 bits per heavy atom. The molecule has 0 saturated heterocycles. The third-order valence-electron chi connectivity index (χ3n) is 2.39. The highest BCUT2D eigenvalue weighted by molar-refractivity contribution is 7.99. The van der Waals surface area contributed by atoms with Crippen LogP contribution < -0.4 is 4.90 Å². The van der Waals surface area contributed by atoms with E-state index in [1.165, 1.54) is 0 Å². The summed E-state index contributed by atoms with van der Waals surface area (Å²) in [5.41, 5.74) is 1.85. The average molecular weight is 234 g/mol. The molecule has 0 atom stereocenters. The van der Waals surface area contributed by atoms with E-state index in [4.69, 9.17) is 0 Å². The predicted molar refractivity (Wildman–Crippen MR) is 71.1 cm³/mol. The molecule has 1 aromatic rings. The molecule has 0 aliphatic carbocycles. The normalized spacial score (nSPS) is 9.88. The first-order valence-corrected chi connectivity index (χ1v) is 6.60. The van der Waals surface area contributed by atoms with Crippen LogP contribution in [-0.4, -0.2) is 19.3 Å². The van der Waals surface area contributed by atoms with Crippen molar-refractivity contribution in [3.05, 3.63) is 23.8 Å². The van der Waals surface area contributed by atoms with E-state index in [2.05, 4.69) is 24.8 Å². The lowest BCUT2D eigenvalue weighted by Crippen LogP contribution is -2.19. The third-order valence-corrected chi connectivity index (χ3v) is 3.33. The molecule has 0 amide bonds. The Morgan fingerprint density at radius 3 is 2.69 bits per heavy atom. The summed E-state index contributed by atoms with van der Waals surface area (Å²) in [6.45, 7) is 5.23. The van der Waals surface area contributed by atoms with Crippen LogP contribution in [0.15, 0.2) is 23.1 Å². The van der Waals surface area contributed by atoms with Crippen LogP contribution in [0.3, 0.4) is 0 Å². The zero-order valence-corrected chi connectivity index (χ0v) is 11.0. The standard InChI is InChI=1S/C13H18N2S/c1-4-9-15(3)12-7-6-8-13(16-5-2)11(12)10-14/h6-8H,4-5,9H2,1-3H3. The average Bonchev–Trinajstić information content (AvgIpc) is 2.29. The van der Waals surface area contributed by atoms with Gasteiger partial charge in [0, 0.05) is 18.5 Å². The van der Waals surface area contributed by atoms with Crippen molar-refractivity contribution in [3.63, 3.8) is 0 Å². The van der Waals surface area contributed by atoms with Gasteiger partial charge < -0.3 is 4.90 Å². The number of hydrogen-bond donors (Lipinski definition) is 0. The molecule has 0 unspecified atom stereocenters. The highest BCUT2D eigenvalue weighted by Gasteiger charge is 2.10. The quantitative estimate of drug-likeness (QED) is 0.729. The number of hydrogen-bond acceptors (Lipinski definition) is 3. The Balaban J connectivity index is 3.09. The van der Waals surface area contributed by atoms with Gasteiger partial charge in [0.2, 0.25) is 0 Å². The van der Waals surface area contributed by atoms with E-state index in [0.29, 0.717) is 0 Å². The number of anilines is 1. The summed E-state index contributed by atoms with van der Waals surface area (Å²) in [5, 5.41) is 9.25. The largest absolute Gasteiger partial charge is 0.374 e. The van der Waals surface area contributed by atoms with Crippen LogP contribution in [0.4, 0.5) is 5.69 Å². The molecule has 0 aliphatic rings. The molecule has 0 aliphatic heterocycles. The first-order chi connectivity index (χ1) is 7.74. The van der Waals surface area contributed by atoms with Gasteiger partial charge in [0.25, 0.3) is 0 Å². The van der Waals surface area contributed by atoms with Gasteiger partial charge in [-0.25, -0.2) is 0 Å². The summed E-state index contributed by atoms with van der Waals surface area (Å²) < 4.78 is 0. The van der Waals surface area contributed by atoms with Gasteiger partial charge in [-0.15, -0.1) is 11.8 Å². The second-order valence-electron chi connectivity index (χ2n) is 3.62. The summed E-state index contributed by atoms with van der Waals surface area (Å²) in [7, 11) is 2.04. The zero-order chi connectivity index (χ0) is 12.0. The molecular formula is C13H18N2S. The highest BCUT2D eigenvalue weighted by Crippen LogP contribution is 2.29. The maximum absolute atomic E-state index is 9.25. The SMILES string of the molecule is CCCN(C)c1cccc(SCC)c1C#N. The van der Waals surface area contributed by atoms with Gasteiger partial charge in [0.1, 0.15) is 6.07 Å². The second-order valence-corrected chi connectivity index (χ2v) is 4.92. The topological polar surface area (TPSA) is 27.0 Å². The molecule has 1 aromatic carbocycles. The fraction of sp³-hybridized carbons (Fsp3) is 0.462. The molecule has 86 valence electrons. The molecule has 3 heteroatoms. The fourth-order valence-electron chi connectivity index (χ4n) is 1.68. The summed E-state index contributed by atoms with van der Waals surface area (Å²) in [5.74, 6) is 0.996. The van der Waals surface area contributed by atoms with E-state index in [9.17, 15) is 5.26 Å². The smallest absolute Gasteiger partial charge is 0.103 e. The first kappa shape index (κ1) is 12.9. The van der Waals surface area contributed by atoms with Gasteiger partial charge in [-0.1, -0.05) is 19.9 Å². The van der Waals surface area contributed by atoms with E-state index in [-0.39, 0.29) is 0 Å². The summed E-state index contributed by atoms with van der Waals surface area (Å²) in [6.07, 6.45) is 1.09. The molecule has 1 rings (SSSR count). The first-order valence-electron chi connectivity index (χ1n) is 5.61. The number of thioether (sulfide) groups is 1. The van der Waals surface area contributed by atoms with Crippen LogP contribution in [-0.2, 0) is 0 Å². The maximum Gasteiger partial charge on any atom is 0.103 e. The van der Waals surface area contributed by atoms with Crippen LogP contribution in [0.5, 0.6) is 0 Å². The van der Waals surface area contributed by atoms with Crippen molar-refractivity contribution in [2.45, 2.75) is 25.2 Å². The zero-order valence-electron chi connectivity index (χ0n) is 10.2. The minimum absolute atomic E-state index is 0.810. The van der Waals surface area contributed by atoms with Crippen molar-refractivity contribution in [3.8, 4) is 6.07 Å². The van der Waals surface area contributed by atoms with Gasteiger partial charge in [-0.05, 0) is 24.3 Å². The molecule has 2 nitrogen and oxygen atoms in total. The molecule has 0 aromatic heterocycles. The Morgan fingerprint density at radius 2 is 2.12 bits per heavy atom. The fourth-order valence-corrected chi connectivity index (χ4v) is 2.46. The van der Waals surface area contributed by atoms with Crippen LogP contribution in [0.25, 0.3) is 0 Å². The van der Waals surface area contributed by atoms with Gasteiger partial charge in [0.05, 0.1) is 11.3 Å². The minimum Gasteiger partial charge on any atom is -0.374 e. The van der Waals surface area contributed by atoms with Crippen molar-refractivity contribution in [1.29, 1.82) is 5.26 Å². The van der Waals surface area contributed by atoms with Gasteiger partial charge in [0.15, 0.2) is 0 Å². The Bertz CT molecular complexity index is 382. The minimum atomic E-state index is 0.810. The number of nitriles is 1. The summed E-state index contributed by atoms with van der Waals surface area (Å²) in [4.78, 5) is 3.24. The molecule has 0 bridgehead atoms. The molecule has 0 saturated carbocycles. The van der Waals surface area contributed by atoms with E-state index in [0.717, 1.165) is 34.9 Å². The summed E-state index contributed by atoms with van der Waals surface area (Å²) in [6, 6.07) is 8.40. The maximum atomic E-state index is 9.25. The Kier molecular flexibility index (Phi) is 5.21. The number of benzene rings is 1. The third kappa shape index (κ3) is 2.93. The molecular weight excluding hydrogens is 216 g/mol. The van der Waals surface area contributed by atoms with E-state index < -0.39 is 0 Å². The Hall–Kier alpha value is -1.14. The molecule has 0 heterocycles. The molecule has 16 heavy (non-hydrogen) atoms. The van der Waals surface area contributed by atoms with Crippen molar-refractivity contribution >= 4 is 17.4 Å². The molecule has 0 radical (unpaired) electrons. The van der Waals surface area contributed by atoms with Crippen LogP contribution in [0.1, 0.15) is 25.8 Å². The van der Waals surface area contributed by atoms with E-state index >= 15 is 0 Å². The van der Waals surface area contributed by atoms with Crippen LogP contribution in [0.2, 0.25) is 0 Å². The van der Waals surface area contributed by atoms with E-state index in [1.807, 2.05) is 25.2 Å². The van der Waals surface area contributed by atoms with Crippen molar-refractivity contribution in [2.75, 3.05) is 24.2 Å². The van der Waals surface area contributed by atoms with Crippen LogP contribution in [0, 0.1) is 11.3 Å². The highest BCUT2D eigenvalue weighted by atomic mass is 32.2. The monoisotopic (exact) mass is 234 g/mol. The van der Waals surface area contributed by atoms with Gasteiger partial charge >= 0.3 is 0 Å². The van der Waals surface area contributed by atoms with E-state index in [1.54, 1.807) is 11.8 Å². The second kappa shape index (κ2) is 6.44. The van der Waals surface area contributed by atoms with Gasteiger partial charge in [-0.2, -0.15) is 5.26 Å². The van der Waals surface area contributed by atoms with Gasteiger partial charge in [-0.3, -0.25) is 0 Å². The lowest BCUT2D eigenvalue weighted by molar-refractivity contribution is 0.849. The molecule has 0 fully saturated rings. The predicted octanol–water partition coefficient (Wildman–Crippen LogP) is 3.52. The Labute approximate surface area is 102 Å². The number of nitrogens with zero attached hydrogens (tertiary/aromatic N) is 2. The molecule has 0 spiro atoms. The molecule has 0 N–H and O–H groups in total. The lowest BCUT2D eigenvalue weighted by atomic mass is 10.1. The number of rotatable bonds is 5. The van der Waals surface area contributed by atoms with Crippen molar-refractivity contribution < 1.29 is 0 Å².